The molecule has 1 N–H and O–H groups in total. The van der Waals surface area contributed by atoms with Crippen LogP contribution in [0.15, 0.2) is 11.6 Å². The number of nitrogens with one attached hydrogen (secondary N) is 1. The number of hydrogen-bond donors (Lipinski definition) is 1. The first-order valence-corrected chi connectivity index (χ1v) is 4.69. The van der Waals surface area contributed by atoms with Crippen LogP contribution >= 0.6 is 0 Å². The van der Waals surface area contributed by atoms with Crippen molar-refractivity contribution in [3.05, 3.63) is 11.6 Å². The molecule has 0 spiro atoms. The highest BCUT2D eigenvalue weighted by atomic mass is 16.2. The molecule has 0 aromatic carbocycles. The van der Waals surface area contributed by atoms with E-state index in [1.807, 2.05) is 0 Å². The molecule has 2 amide bonds. The first-order valence-electron chi connectivity index (χ1n) is 4.69. The first-order chi connectivity index (χ1) is 6.13. The molecule has 1 rings (SSSR count). The van der Waals surface area contributed by atoms with Crippen molar-refractivity contribution in [1.29, 1.82) is 0 Å². The lowest BCUT2D eigenvalue weighted by atomic mass is 9.97. The van der Waals surface area contributed by atoms with Crippen LogP contribution in [-0.2, 0) is 9.59 Å². The van der Waals surface area contributed by atoms with Crippen molar-refractivity contribution in [2.45, 2.75) is 33.1 Å². The van der Waals surface area contributed by atoms with Crippen molar-refractivity contribution in [3.8, 4) is 0 Å². The summed E-state index contributed by atoms with van der Waals surface area (Å²) in [6, 6.07) is 0. The summed E-state index contributed by atoms with van der Waals surface area (Å²) in [6.45, 7) is 4.21. The van der Waals surface area contributed by atoms with Gasteiger partial charge >= 0.3 is 0 Å². The van der Waals surface area contributed by atoms with Crippen LogP contribution in [0.4, 0.5) is 0 Å². The van der Waals surface area contributed by atoms with Crippen molar-refractivity contribution in [2.24, 2.45) is 5.92 Å². The Morgan fingerprint density at radius 2 is 2.15 bits per heavy atom. The van der Waals surface area contributed by atoms with Crippen LogP contribution in [0.2, 0.25) is 0 Å². The second-order valence-electron chi connectivity index (χ2n) is 3.59. The summed E-state index contributed by atoms with van der Waals surface area (Å²) < 4.78 is 0. The Kier molecular flexibility index (Phi) is 3.23. The molecule has 3 heteroatoms. The van der Waals surface area contributed by atoms with E-state index in [-0.39, 0.29) is 11.8 Å². The molecule has 13 heavy (non-hydrogen) atoms. The molecule has 1 aliphatic rings. The fourth-order valence-electron chi connectivity index (χ4n) is 1.57. The van der Waals surface area contributed by atoms with Crippen molar-refractivity contribution in [1.82, 2.24) is 5.32 Å². The van der Waals surface area contributed by atoms with E-state index in [0.717, 1.165) is 12.8 Å². The topological polar surface area (TPSA) is 46.2 Å². The van der Waals surface area contributed by atoms with Gasteiger partial charge in [0.15, 0.2) is 0 Å². The number of carbonyl (C=O) groups excluding carboxylic acids is 2. The van der Waals surface area contributed by atoms with Gasteiger partial charge in [0.05, 0.1) is 0 Å². The zero-order chi connectivity index (χ0) is 9.84. The summed E-state index contributed by atoms with van der Waals surface area (Å²) in [5.74, 6) is -0.00967. The third-order valence-corrected chi connectivity index (χ3v) is 2.18. The van der Waals surface area contributed by atoms with Crippen LogP contribution in [0.1, 0.15) is 33.1 Å². The maximum absolute atomic E-state index is 11.1. The Morgan fingerprint density at radius 1 is 1.46 bits per heavy atom. The number of carbonyl (C=O) groups is 2. The molecule has 1 aliphatic heterocycles. The summed E-state index contributed by atoms with van der Waals surface area (Å²) >= 11 is 0. The van der Waals surface area contributed by atoms with E-state index in [2.05, 4.69) is 19.2 Å². The molecule has 1 atom stereocenters. The van der Waals surface area contributed by atoms with Gasteiger partial charge in [0.1, 0.15) is 0 Å². The van der Waals surface area contributed by atoms with Gasteiger partial charge < -0.3 is 0 Å². The minimum atomic E-state index is -0.274. The summed E-state index contributed by atoms with van der Waals surface area (Å²) in [6.07, 6.45) is 4.34. The highest BCUT2D eigenvalue weighted by Gasteiger charge is 2.21. The second kappa shape index (κ2) is 4.21. The van der Waals surface area contributed by atoms with E-state index in [0.29, 0.717) is 17.9 Å². The first kappa shape index (κ1) is 9.96. The van der Waals surface area contributed by atoms with E-state index in [4.69, 9.17) is 0 Å². The molecule has 1 heterocycles. The molecule has 0 bridgehead atoms. The average Bonchev–Trinajstić information content (AvgIpc) is 2.30. The molecular weight excluding hydrogens is 166 g/mol. The molecule has 0 aliphatic carbocycles. The van der Waals surface area contributed by atoms with Gasteiger partial charge in [-0.15, -0.1) is 0 Å². The Bertz CT molecular complexity index is 256. The van der Waals surface area contributed by atoms with Crippen LogP contribution < -0.4 is 5.32 Å². The minimum absolute atomic E-state index is 0.215. The van der Waals surface area contributed by atoms with Crippen LogP contribution in [0, 0.1) is 5.92 Å². The predicted molar refractivity (Wildman–Crippen MR) is 49.9 cm³/mol. The van der Waals surface area contributed by atoms with Crippen LogP contribution in [0.3, 0.4) is 0 Å². The van der Waals surface area contributed by atoms with E-state index >= 15 is 0 Å². The molecule has 0 aromatic heterocycles. The molecule has 1 unspecified atom stereocenters. The Labute approximate surface area is 78.2 Å². The van der Waals surface area contributed by atoms with E-state index in [9.17, 15) is 9.59 Å². The molecule has 0 radical (unpaired) electrons. The maximum atomic E-state index is 11.1. The van der Waals surface area contributed by atoms with Crippen LogP contribution in [0.25, 0.3) is 0 Å². The number of amides is 2. The quantitative estimate of drug-likeness (QED) is 0.666. The molecule has 72 valence electrons. The molecule has 3 nitrogen and oxygen atoms in total. The second-order valence-corrected chi connectivity index (χ2v) is 3.59. The molecule has 0 aromatic rings. The van der Waals surface area contributed by atoms with Gasteiger partial charge in [-0.25, -0.2) is 0 Å². The van der Waals surface area contributed by atoms with Gasteiger partial charge in [-0.05, 0) is 12.3 Å². The Hall–Kier alpha value is -1.12. The normalized spacial score (nSPS) is 18.5. The number of imide groups is 1. The summed E-state index contributed by atoms with van der Waals surface area (Å²) in [5, 5.41) is 2.24. The van der Waals surface area contributed by atoms with Gasteiger partial charge in [-0.3, -0.25) is 14.9 Å². The lowest BCUT2D eigenvalue weighted by Crippen LogP contribution is -2.22. The van der Waals surface area contributed by atoms with E-state index in [1.54, 1.807) is 0 Å². The molecule has 0 fully saturated rings. The predicted octanol–water partition coefficient (Wildman–Crippen LogP) is 1.40. The van der Waals surface area contributed by atoms with Crippen molar-refractivity contribution < 1.29 is 9.59 Å². The van der Waals surface area contributed by atoms with Gasteiger partial charge in [0.2, 0.25) is 0 Å². The fourth-order valence-corrected chi connectivity index (χ4v) is 1.57. The van der Waals surface area contributed by atoms with Gasteiger partial charge in [0.25, 0.3) is 11.8 Å². The summed E-state index contributed by atoms with van der Waals surface area (Å²) in [7, 11) is 0. The molecular formula is C10H15NO2. The van der Waals surface area contributed by atoms with Crippen LogP contribution in [0.5, 0.6) is 0 Å². The molecule has 0 saturated carbocycles. The van der Waals surface area contributed by atoms with Gasteiger partial charge in [-0.1, -0.05) is 26.7 Å². The van der Waals surface area contributed by atoms with Gasteiger partial charge in [-0.2, -0.15) is 0 Å². The van der Waals surface area contributed by atoms with Gasteiger partial charge in [0, 0.05) is 11.6 Å². The van der Waals surface area contributed by atoms with E-state index < -0.39 is 0 Å². The van der Waals surface area contributed by atoms with Crippen LogP contribution in [-0.4, -0.2) is 11.8 Å². The van der Waals surface area contributed by atoms with Crippen molar-refractivity contribution >= 4 is 11.8 Å². The zero-order valence-electron chi connectivity index (χ0n) is 8.09. The average molecular weight is 181 g/mol. The third kappa shape index (κ3) is 2.68. The lowest BCUT2D eigenvalue weighted by Gasteiger charge is -2.08. The Balaban J connectivity index is 2.49. The number of rotatable bonds is 4. The lowest BCUT2D eigenvalue weighted by molar-refractivity contribution is -0.123. The summed E-state index contributed by atoms with van der Waals surface area (Å²) in [5.41, 5.74) is 0.631. The Morgan fingerprint density at radius 3 is 2.62 bits per heavy atom. The smallest absolute Gasteiger partial charge is 0.254 e. The van der Waals surface area contributed by atoms with Crippen molar-refractivity contribution in [2.75, 3.05) is 0 Å². The minimum Gasteiger partial charge on any atom is -0.289 e. The third-order valence-electron chi connectivity index (χ3n) is 2.18. The standard InChI is InChI=1S/C10H15NO2/c1-3-4-7(2)5-8-6-9(12)11-10(8)13/h6-7H,3-5H2,1-2H3,(H,11,12,13). The molecule has 0 saturated heterocycles. The monoisotopic (exact) mass is 181 g/mol. The summed E-state index contributed by atoms with van der Waals surface area (Å²) in [4.78, 5) is 21.9. The fraction of sp³-hybridized carbons (Fsp3) is 0.600. The highest BCUT2D eigenvalue weighted by molar-refractivity contribution is 6.16. The zero-order valence-corrected chi connectivity index (χ0v) is 8.09. The number of hydrogen-bond acceptors (Lipinski definition) is 2. The van der Waals surface area contributed by atoms with Crippen molar-refractivity contribution in [3.63, 3.8) is 0 Å². The SMILES string of the molecule is CCCC(C)CC1=CC(=O)NC1=O. The maximum Gasteiger partial charge on any atom is 0.254 e. The van der Waals surface area contributed by atoms with E-state index in [1.165, 1.54) is 6.08 Å². The largest absolute Gasteiger partial charge is 0.289 e. The highest BCUT2D eigenvalue weighted by Crippen LogP contribution is 2.18.